The summed E-state index contributed by atoms with van der Waals surface area (Å²) in [5, 5.41) is 0. The van der Waals surface area contributed by atoms with Gasteiger partial charge in [-0.3, -0.25) is 4.55 Å². The van der Waals surface area contributed by atoms with E-state index in [2.05, 4.69) is 38.2 Å². The summed E-state index contributed by atoms with van der Waals surface area (Å²) in [6, 6.07) is 3.33. The Kier molecular flexibility index (Phi) is 41.3. The first-order valence-corrected chi connectivity index (χ1v) is 28.5. The fourth-order valence-electron chi connectivity index (χ4n) is 8.34. The average Bonchev–Trinajstić information content (AvgIpc) is 3.28. The number of carbonyl (C=O) groups is 2. The smallest absolute Gasteiger partial charge is 0.339 e. The summed E-state index contributed by atoms with van der Waals surface area (Å²) in [6.07, 6.45) is 59.6. The maximum absolute atomic E-state index is 13.0. The molecule has 1 aromatic rings. The lowest BCUT2D eigenvalue weighted by Crippen LogP contribution is -2.16. The number of allylic oxidation sites excluding steroid dienone is 4. The van der Waals surface area contributed by atoms with Crippen molar-refractivity contribution >= 4 is 22.1 Å². The van der Waals surface area contributed by atoms with Gasteiger partial charge in [-0.1, -0.05) is 231 Å². The molecule has 0 saturated carbocycles. The van der Waals surface area contributed by atoms with Crippen LogP contribution < -0.4 is 0 Å². The molecular weight excluding hydrogens is 817 g/mol. The SMILES string of the molecule is CCCCC/C=C/CCCCCCCCCCCCCCCCCOC(=O)c1ccc(S(=O)(=O)O)cc1C(=O)OCCCCCCCCCCCCCCCCC/C=C/CCCCC. The van der Waals surface area contributed by atoms with E-state index in [4.69, 9.17) is 9.47 Å². The van der Waals surface area contributed by atoms with Crippen LogP contribution in [-0.4, -0.2) is 38.1 Å². The number of esters is 2. The minimum Gasteiger partial charge on any atom is -0.462 e. The van der Waals surface area contributed by atoms with E-state index in [-0.39, 0.29) is 24.3 Å². The average molecular weight is 915 g/mol. The van der Waals surface area contributed by atoms with Crippen molar-refractivity contribution in [3.63, 3.8) is 0 Å². The van der Waals surface area contributed by atoms with Crippen molar-refractivity contribution in [1.29, 1.82) is 0 Å². The molecule has 0 fully saturated rings. The van der Waals surface area contributed by atoms with Crippen molar-refractivity contribution in [2.75, 3.05) is 13.2 Å². The van der Waals surface area contributed by atoms with Crippen molar-refractivity contribution in [2.45, 2.75) is 276 Å². The molecule has 0 heterocycles. The molecule has 0 aromatic heterocycles. The van der Waals surface area contributed by atoms with Crippen LogP contribution in [0.2, 0.25) is 0 Å². The summed E-state index contributed by atoms with van der Waals surface area (Å²) in [4.78, 5) is 25.6. The van der Waals surface area contributed by atoms with Gasteiger partial charge in [-0.15, -0.1) is 0 Å². The maximum atomic E-state index is 13.0. The van der Waals surface area contributed by atoms with Gasteiger partial charge in [0.15, 0.2) is 0 Å². The Morgan fingerprint density at radius 1 is 0.406 bits per heavy atom. The van der Waals surface area contributed by atoms with Crippen LogP contribution in [0.25, 0.3) is 0 Å². The van der Waals surface area contributed by atoms with E-state index in [1.165, 1.54) is 218 Å². The Balaban J connectivity index is 2.09. The highest BCUT2D eigenvalue weighted by atomic mass is 32.2. The zero-order valence-corrected chi connectivity index (χ0v) is 42.4. The fourth-order valence-corrected chi connectivity index (χ4v) is 8.84. The van der Waals surface area contributed by atoms with Gasteiger partial charge >= 0.3 is 11.9 Å². The summed E-state index contributed by atoms with van der Waals surface area (Å²) in [5.74, 6) is -1.49. The molecule has 0 aliphatic heterocycles. The number of unbranched alkanes of at least 4 members (excludes halogenated alkanes) is 36. The van der Waals surface area contributed by atoms with E-state index in [9.17, 15) is 22.6 Å². The second kappa shape index (κ2) is 44.4. The zero-order valence-electron chi connectivity index (χ0n) is 41.5. The van der Waals surface area contributed by atoms with Crippen LogP contribution >= 0.6 is 0 Å². The third-order valence-electron chi connectivity index (χ3n) is 12.5. The Morgan fingerprint density at radius 2 is 0.672 bits per heavy atom. The zero-order chi connectivity index (χ0) is 46.4. The van der Waals surface area contributed by atoms with E-state index in [0.717, 1.165) is 50.7 Å². The van der Waals surface area contributed by atoms with Crippen molar-refractivity contribution in [3.05, 3.63) is 53.6 Å². The normalized spacial score (nSPS) is 11.9. The van der Waals surface area contributed by atoms with Gasteiger partial charge in [0.05, 0.1) is 29.2 Å². The summed E-state index contributed by atoms with van der Waals surface area (Å²) in [5.41, 5.74) is -0.260. The number of rotatable bonds is 47. The molecule has 0 saturated heterocycles. The Hall–Kier alpha value is -2.45. The molecule has 1 N–H and O–H groups in total. The Labute approximate surface area is 394 Å². The lowest BCUT2D eigenvalue weighted by atomic mass is 10.0. The molecule has 1 rings (SSSR count). The standard InChI is InChI=1S/C56H98O7S/c1-3-5-7-9-11-13-15-17-19-21-23-25-27-29-31-33-35-37-39-41-43-45-49-62-55(57)53-48-47-52(64(59,60)61)51-54(53)56(58)63-50-46-44-42-40-38-36-34-32-30-28-26-24-22-20-18-16-14-12-10-8-6-4-2/h11-14,47-48,51H,3-10,15-46,49-50H2,1-2H3,(H,59,60,61)/b13-11+,14-12+. The second-order valence-corrected chi connectivity index (χ2v) is 20.0. The van der Waals surface area contributed by atoms with Crippen molar-refractivity contribution < 1.29 is 32.0 Å². The van der Waals surface area contributed by atoms with Crippen LogP contribution in [0.4, 0.5) is 0 Å². The minimum absolute atomic E-state index is 0.0548. The topological polar surface area (TPSA) is 107 Å². The lowest BCUT2D eigenvalue weighted by Gasteiger charge is -2.11. The van der Waals surface area contributed by atoms with Gasteiger partial charge in [-0.2, -0.15) is 8.42 Å². The van der Waals surface area contributed by atoms with Crippen LogP contribution in [0.1, 0.15) is 291 Å². The number of ether oxygens (including phenoxy) is 2. The number of benzene rings is 1. The summed E-state index contributed by atoms with van der Waals surface area (Å²) < 4.78 is 44.2. The highest BCUT2D eigenvalue weighted by Gasteiger charge is 2.23. The van der Waals surface area contributed by atoms with Gasteiger partial charge in [0.25, 0.3) is 10.1 Å². The Bertz CT molecular complexity index is 1400. The first-order chi connectivity index (χ1) is 31.3. The van der Waals surface area contributed by atoms with E-state index >= 15 is 0 Å². The quantitative estimate of drug-likeness (QED) is 0.0300. The molecule has 0 atom stereocenters. The molecule has 7 nitrogen and oxygen atoms in total. The molecule has 0 unspecified atom stereocenters. The predicted octanol–water partition coefficient (Wildman–Crippen LogP) is 18.0. The summed E-state index contributed by atoms with van der Waals surface area (Å²) in [6.45, 7) is 4.92. The van der Waals surface area contributed by atoms with E-state index in [1.54, 1.807) is 0 Å². The molecule has 0 radical (unpaired) electrons. The third kappa shape index (κ3) is 36.7. The molecule has 0 bridgehead atoms. The number of hydrogen-bond acceptors (Lipinski definition) is 6. The largest absolute Gasteiger partial charge is 0.462 e. The molecule has 0 aliphatic carbocycles. The first kappa shape index (κ1) is 59.6. The van der Waals surface area contributed by atoms with Crippen molar-refractivity contribution in [2.24, 2.45) is 0 Å². The van der Waals surface area contributed by atoms with Crippen LogP contribution in [0.3, 0.4) is 0 Å². The molecule has 370 valence electrons. The second-order valence-electron chi connectivity index (χ2n) is 18.6. The van der Waals surface area contributed by atoms with Gasteiger partial charge in [-0.05, 0) is 82.4 Å². The minimum atomic E-state index is -4.57. The summed E-state index contributed by atoms with van der Waals surface area (Å²) in [7, 11) is -4.57. The highest BCUT2D eigenvalue weighted by Crippen LogP contribution is 2.21. The lowest BCUT2D eigenvalue weighted by molar-refractivity contribution is 0.0450. The van der Waals surface area contributed by atoms with Crippen molar-refractivity contribution in [3.8, 4) is 0 Å². The number of hydrogen-bond donors (Lipinski definition) is 1. The molecule has 0 aliphatic rings. The molecular formula is C56H98O7S. The molecule has 0 spiro atoms. The molecule has 64 heavy (non-hydrogen) atoms. The van der Waals surface area contributed by atoms with Crippen molar-refractivity contribution in [1.82, 2.24) is 0 Å². The van der Waals surface area contributed by atoms with Crippen LogP contribution in [0.15, 0.2) is 47.4 Å². The van der Waals surface area contributed by atoms with E-state index < -0.39 is 27.0 Å². The maximum Gasteiger partial charge on any atom is 0.339 e. The highest BCUT2D eigenvalue weighted by molar-refractivity contribution is 7.85. The van der Waals surface area contributed by atoms with Gasteiger partial charge in [0.1, 0.15) is 0 Å². The van der Waals surface area contributed by atoms with Crippen LogP contribution in [0, 0.1) is 0 Å². The fraction of sp³-hybridized carbons (Fsp3) is 0.786. The van der Waals surface area contributed by atoms with Gasteiger partial charge in [-0.25, -0.2) is 9.59 Å². The number of carbonyl (C=O) groups excluding carboxylic acids is 2. The van der Waals surface area contributed by atoms with E-state index in [0.29, 0.717) is 6.42 Å². The van der Waals surface area contributed by atoms with Crippen LogP contribution in [-0.2, 0) is 19.6 Å². The van der Waals surface area contributed by atoms with Gasteiger partial charge < -0.3 is 9.47 Å². The summed E-state index contributed by atoms with van der Waals surface area (Å²) >= 11 is 0. The monoisotopic (exact) mass is 915 g/mol. The first-order valence-electron chi connectivity index (χ1n) is 27.1. The third-order valence-corrected chi connectivity index (χ3v) is 13.4. The molecule has 8 heteroatoms. The van der Waals surface area contributed by atoms with Crippen LogP contribution in [0.5, 0.6) is 0 Å². The van der Waals surface area contributed by atoms with Gasteiger partial charge in [0, 0.05) is 0 Å². The molecule has 0 amide bonds. The Morgan fingerprint density at radius 3 is 0.969 bits per heavy atom. The predicted molar refractivity (Wildman–Crippen MR) is 271 cm³/mol. The van der Waals surface area contributed by atoms with Gasteiger partial charge in [0.2, 0.25) is 0 Å². The van der Waals surface area contributed by atoms with E-state index in [1.807, 2.05) is 0 Å². The molecule has 1 aromatic carbocycles.